The average molecular weight is 657 g/mol. The summed E-state index contributed by atoms with van der Waals surface area (Å²) >= 11 is 5.28. The monoisotopic (exact) mass is 656 g/mol. The molecule has 1 aliphatic heterocycles. The summed E-state index contributed by atoms with van der Waals surface area (Å²) < 4.78 is 39.1. The van der Waals surface area contributed by atoms with Crippen molar-refractivity contribution < 1.29 is 22.7 Å². The molecule has 1 heterocycles. The Bertz CT molecular complexity index is 1740. The first-order valence-electron chi connectivity index (χ1n) is 14.7. The number of ether oxygens (including phenoxy) is 2. The maximum atomic E-state index is 13.5. The number of hydrogen-bond donors (Lipinski definition) is 2. The van der Waals surface area contributed by atoms with Crippen LogP contribution >= 0.6 is 12.2 Å². The molecule has 0 radical (unpaired) electrons. The number of amides is 1. The summed E-state index contributed by atoms with van der Waals surface area (Å²) in [5.41, 5.74) is 3.65. The number of methoxy groups -OCH3 is 2. The Morgan fingerprint density at radius 2 is 1.39 bits per heavy atom. The van der Waals surface area contributed by atoms with Gasteiger partial charge in [0.2, 0.25) is 15.9 Å². The minimum absolute atomic E-state index is 0.0448. The van der Waals surface area contributed by atoms with E-state index in [2.05, 4.69) is 39.8 Å². The third-order valence-electron chi connectivity index (χ3n) is 7.69. The molecule has 4 aromatic carbocycles. The number of carbonyl (C=O) groups is 1. The fourth-order valence-electron chi connectivity index (χ4n) is 5.39. The fourth-order valence-corrected chi connectivity index (χ4v) is 7.03. The predicted octanol–water partition coefficient (Wildman–Crippen LogP) is 5.33. The minimum atomic E-state index is -3.70. The summed E-state index contributed by atoms with van der Waals surface area (Å²) in [6, 6.07) is 32.3. The lowest BCUT2D eigenvalue weighted by atomic mass is 9.96. The zero-order chi connectivity index (χ0) is 32.5. The van der Waals surface area contributed by atoms with Crippen molar-refractivity contribution in [2.24, 2.45) is 0 Å². The van der Waals surface area contributed by atoms with Gasteiger partial charge in [-0.1, -0.05) is 66.7 Å². The first-order chi connectivity index (χ1) is 22.3. The SMILES string of the molecule is COc1ccc(/C=C/C(=O)NC(=S)Nc2ccc(S(=O)(=O)N3CCN(C(c4ccccc4)c4ccccc4)CC3)cc2)cc1OC. The summed E-state index contributed by atoms with van der Waals surface area (Å²) in [5.74, 6) is 0.716. The average Bonchev–Trinajstić information content (AvgIpc) is 3.08. The van der Waals surface area contributed by atoms with E-state index in [-0.39, 0.29) is 16.0 Å². The molecule has 1 amide bonds. The standard InChI is InChI=1S/C35H36N4O5S2/c1-43-31-19-13-26(25-32(31)44-2)14-20-33(40)37-35(45)36-29-15-17-30(18-16-29)46(41,42)39-23-21-38(22-24-39)34(27-9-5-3-6-10-27)28-11-7-4-8-12-28/h3-20,25,34H,21-24H2,1-2H3,(H2,36,37,40,45)/b20-14+. The van der Waals surface area contributed by atoms with Crippen molar-refractivity contribution in [2.45, 2.75) is 10.9 Å². The second-order valence-corrected chi connectivity index (χ2v) is 12.9. The molecular weight excluding hydrogens is 621 g/mol. The van der Waals surface area contributed by atoms with E-state index in [1.54, 1.807) is 62.8 Å². The van der Waals surface area contributed by atoms with E-state index in [4.69, 9.17) is 21.7 Å². The summed E-state index contributed by atoms with van der Waals surface area (Å²) in [6.07, 6.45) is 2.98. The maximum Gasteiger partial charge on any atom is 0.250 e. The molecule has 238 valence electrons. The van der Waals surface area contributed by atoms with E-state index in [9.17, 15) is 13.2 Å². The van der Waals surface area contributed by atoms with Gasteiger partial charge in [0, 0.05) is 37.9 Å². The maximum absolute atomic E-state index is 13.5. The van der Waals surface area contributed by atoms with Crippen molar-refractivity contribution in [3.05, 3.63) is 126 Å². The van der Waals surface area contributed by atoms with Crippen molar-refractivity contribution >= 4 is 45.0 Å². The number of nitrogens with one attached hydrogen (secondary N) is 2. The van der Waals surface area contributed by atoms with E-state index < -0.39 is 15.9 Å². The zero-order valence-corrected chi connectivity index (χ0v) is 27.3. The van der Waals surface area contributed by atoms with E-state index in [1.807, 2.05) is 36.4 Å². The van der Waals surface area contributed by atoms with Gasteiger partial charge >= 0.3 is 0 Å². The highest BCUT2D eigenvalue weighted by Gasteiger charge is 2.32. The summed E-state index contributed by atoms with van der Waals surface area (Å²) in [5, 5.41) is 5.60. The van der Waals surface area contributed by atoms with Crippen LogP contribution in [0.1, 0.15) is 22.7 Å². The Kier molecular flexibility index (Phi) is 10.8. The van der Waals surface area contributed by atoms with Crippen LogP contribution in [0.4, 0.5) is 5.69 Å². The molecule has 0 aliphatic carbocycles. The van der Waals surface area contributed by atoms with Crippen LogP contribution in [-0.2, 0) is 14.8 Å². The van der Waals surface area contributed by atoms with Crippen LogP contribution in [0.5, 0.6) is 11.5 Å². The third kappa shape index (κ3) is 7.99. The molecule has 9 nitrogen and oxygen atoms in total. The topological polar surface area (TPSA) is 100 Å². The molecule has 0 aromatic heterocycles. The fraction of sp³-hybridized carbons (Fsp3) is 0.200. The van der Waals surface area contributed by atoms with Gasteiger partial charge < -0.3 is 14.8 Å². The van der Waals surface area contributed by atoms with Crippen LogP contribution in [0.15, 0.2) is 114 Å². The number of sulfonamides is 1. The molecule has 11 heteroatoms. The van der Waals surface area contributed by atoms with E-state index in [1.165, 1.54) is 21.5 Å². The van der Waals surface area contributed by atoms with Gasteiger partial charge in [-0.3, -0.25) is 15.0 Å². The largest absolute Gasteiger partial charge is 0.493 e. The van der Waals surface area contributed by atoms with Gasteiger partial charge in [-0.05, 0) is 71.4 Å². The molecular formula is C35H36N4O5S2. The Morgan fingerprint density at radius 3 is 1.96 bits per heavy atom. The van der Waals surface area contributed by atoms with Crippen LogP contribution in [-0.4, -0.2) is 69.0 Å². The van der Waals surface area contributed by atoms with Gasteiger partial charge in [0.25, 0.3) is 0 Å². The Morgan fingerprint density at radius 1 is 0.804 bits per heavy atom. The van der Waals surface area contributed by atoms with Crippen molar-refractivity contribution in [1.82, 2.24) is 14.5 Å². The quantitative estimate of drug-likeness (QED) is 0.175. The number of benzene rings is 4. The minimum Gasteiger partial charge on any atom is -0.493 e. The number of nitrogens with zero attached hydrogens (tertiary/aromatic N) is 2. The molecule has 1 saturated heterocycles. The first kappa shape index (κ1) is 32.8. The van der Waals surface area contributed by atoms with E-state index in [0.29, 0.717) is 43.4 Å². The van der Waals surface area contributed by atoms with Crippen molar-refractivity contribution in [3.8, 4) is 11.5 Å². The van der Waals surface area contributed by atoms with Crippen LogP contribution in [0, 0.1) is 0 Å². The van der Waals surface area contributed by atoms with Gasteiger partial charge in [-0.15, -0.1) is 0 Å². The third-order valence-corrected chi connectivity index (χ3v) is 9.81. The van der Waals surface area contributed by atoms with Gasteiger partial charge in [0.1, 0.15) is 0 Å². The smallest absolute Gasteiger partial charge is 0.250 e. The molecule has 5 rings (SSSR count). The van der Waals surface area contributed by atoms with E-state index >= 15 is 0 Å². The molecule has 0 unspecified atom stereocenters. The molecule has 0 atom stereocenters. The summed E-state index contributed by atoms with van der Waals surface area (Å²) in [4.78, 5) is 14.9. The second-order valence-electron chi connectivity index (χ2n) is 10.6. The molecule has 0 saturated carbocycles. The normalized spacial score (nSPS) is 14.2. The van der Waals surface area contributed by atoms with Crippen molar-refractivity contribution in [3.63, 3.8) is 0 Å². The van der Waals surface area contributed by atoms with Crippen molar-refractivity contribution in [2.75, 3.05) is 45.7 Å². The molecule has 2 N–H and O–H groups in total. The van der Waals surface area contributed by atoms with Crippen LogP contribution in [0.3, 0.4) is 0 Å². The van der Waals surface area contributed by atoms with Crippen LogP contribution in [0.2, 0.25) is 0 Å². The molecule has 0 spiro atoms. The number of rotatable bonds is 10. The van der Waals surface area contributed by atoms with Crippen molar-refractivity contribution in [1.29, 1.82) is 0 Å². The van der Waals surface area contributed by atoms with Gasteiger partial charge in [-0.2, -0.15) is 4.31 Å². The Balaban J connectivity index is 1.16. The number of carbonyl (C=O) groups excluding carboxylic acids is 1. The zero-order valence-electron chi connectivity index (χ0n) is 25.6. The molecule has 0 bridgehead atoms. The van der Waals surface area contributed by atoms with Crippen LogP contribution < -0.4 is 20.1 Å². The number of hydrogen-bond acceptors (Lipinski definition) is 7. The highest BCUT2D eigenvalue weighted by atomic mass is 32.2. The highest BCUT2D eigenvalue weighted by Crippen LogP contribution is 2.31. The van der Waals surface area contributed by atoms with E-state index in [0.717, 1.165) is 5.56 Å². The molecule has 1 aliphatic rings. The highest BCUT2D eigenvalue weighted by molar-refractivity contribution is 7.89. The lowest BCUT2D eigenvalue weighted by Crippen LogP contribution is -2.49. The lowest BCUT2D eigenvalue weighted by molar-refractivity contribution is -0.115. The van der Waals surface area contributed by atoms with Crippen LogP contribution in [0.25, 0.3) is 6.08 Å². The predicted molar refractivity (Wildman–Crippen MR) is 184 cm³/mol. The van der Waals surface area contributed by atoms with Gasteiger partial charge in [0.15, 0.2) is 16.6 Å². The second kappa shape index (κ2) is 15.2. The summed E-state index contributed by atoms with van der Waals surface area (Å²) in [6.45, 7) is 1.96. The summed E-state index contributed by atoms with van der Waals surface area (Å²) in [7, 11) is -0.603. The molecule has 46 heavy (non-hydrogen) atoms. The Hall–Kier alpha value is -4.55. The van der Waals surface area contributed by atoms with Gasteiger partial charge in [0.05, 0.1) is 25.2 Å². The molecule has 1 fully saturated rings. The molecule has 4 aromatic rings. The number of anilines is 1. The number of thiocarbonyl (C=S) groups is 1. The first-order valence-corrected chi connectivity index (χ1v) is 16.6. The van der Waals surface area contributed by atoms with Gasteiger partial charge in [-0.25, -0.2) is 8.42 Å². The Labute approximate surface area is 275 Å². The lowest BCUT2D eigenvalue weighted by Gasteiger charge is -2.39. The number of piperazine rings is 1.